The van der Waals surface area contributed by atoms with Crippen LogP contribution in [-0.4, -0.2) is 25.3 Å². The van der Waals surface area contributed by atoms with Gasteiger partial charge in [0.25, 0.3) is 0 Å². The maximum absolute atomic E-state index is 10.2. The first-order valence-corrected chi connectivity index (χ1v) is 2.83. The van der Waals surface area contributed by atoms with Gasteiger partial charge in [0.15, 0.2) is 0 Å². The van der Waals surface area contributed by atoms with Gasteiger partial charge in [-0.2, -0.15) is 0 Å². The second-order valence-corrected chi connectivity index (χ2v) is 2.12. The first-order valence-electron chi connectivity index (χ1n) is 2.83. The standard InChI is InChI=1S/C5H10N2O2/c1-9-4-2-3(4)7-5(6)8/h3-4H,2H2,1H3,(H3,6,7,8)/t3-,4-/m0/s1. The molecule has 0 radical (unpaired) electrons. The van der Waals surface area contributed by atoms with E-state index in [1.165, 1.54) is 0 Å². The number of nitrogens with two attached hydrogens (primary N) is 1. The zero-order chi connectivity index (χ0) is 6.85. The van der Waals surface area contributed by atoms with E-state index in [1.54, 1.807) is 7.11 Å². The monoisotopic (exact) mass is 130 g/mol. The molecule has 3 N–H and O–H groups in total. The Morgan fingerprint density at radius 3 is 2.89 bits per heavy atom. The summed E-state index contributed by atoms with van der Waals surface area (Å²) in [5.41, 5.74) is 4.84. The Morgan fingerprint density at radius 1 is 1.89 bits per heavy atom. The fourth-order valence-corrected chi connectivity index (χ4v) is 0.767. The zero-order valence-electron chi connectivity index (χ0n) is 5.26. The summed E-state index contributed by atoms with van der Waals surface area (Å²) in [6.07, 6.45) is 1.08. The van der Waals surface area contributed by atoms with E-state index in [1.807, 2.05) is 0 Å². The van der Waals surface area contributed by atoms with Crippen molar-refractivity contribution in [3.8, 4) is 0 Å². The molecule has 0 bridgehead atoms. The van der Waals surface area contributed by atoms with E-state index in [2.05, 4.69) is 5.32 Å². The normalized spacial score (nSPS) is 31.7. The fourth-order valence-electron chi connectivity index (χ4n) is 0.767. The van der Waals surface area contributed by atoms with Crippen molar-refractivity contribution < 1.29 is 9.53 Å². The molecule has 1 aliphatic rings. The van der Waals surface area contributed by atoms with E-state index >= 15 is 0 Å². The van der Waals surface area contributed by atoms with E-state index in [-0.39, 0.29) is 12.1 Å². The quantitative estimate of drug-likeness (QED) is 0.526. The molecule has 2 amide bonds. The third-order valence-electron chi connectivity index (χ3n) is 1.36. The van der Waals surface area contributed by atoms with E-state index in [0.29, 0.717) is 0 Å². The van der Waals surface area contributed by atoms with Crippen molar-refractivity contribution in [1.29, 1.82) is 0 Å². The van der Waals surface area contributed by atoms with Crippen molar-refractivity contribution in [3.05, 3.63) is 0 Å². The number of urea groups is 1. The van der Waals surface area contributed by atoms with Gasteiger partial charge in [-0.15, -0.1) is 0 Å². The lowest BCUT2D eigenvalue weighted by Crippen LogP contribution is -2.32. The summed E-state index contributed by atoms with van der Waals surface area (Å²) < 4.78 is 4.90. The molecule has 1 saturated carbocycles. The minimum Gasteiger partial charge on any atom is -0.379 e. The molecule has 1 rings (SSSR count). The van der Waals surface area contributed by atoms with Crippen LogP contribution in [0.1, 0.15) is 6.42 Å². The molecular formula is C5H10N2O2. The summed E-state index contributed by atoms with van der Waals surface area (Å²) in [4.78, 5) is 10.2. The van der Waals surface area contributed by atoms with Gasteiger partial charge in [-0.1, -0.05) is 0 Å². The number of methoxy groups -OCH3 is 1. The highest BCUT2D eigenvalue weighted by atomic mass is 16.5. The Morgan fingerprint density at radius 2 is 2.56 bits per heavy atom. The summed E-state index contributed by atoms with van der Waals surface area (Å²) in [6.45, 7) is 0. The lowest BCUT2D eigenvalue weighted by atomic mass is 10.7. The third kappa shape index (κ3) is 1.57. The number of rotatable bonds is 2. The van der Waals surface area contributed by atoms with E-state index in [4.69, 9.17) is 10.5 Å². The van der Waals surface area contributed by atoms with Crippen molar-refractivity contribution in [3.63, 3.8) is 0 Å². The number of amides is 2. The summed E-state index contributed by atoms with van der Waals surface area (Å²) in [5, 5.41) is 2.53. The lowest BCUT2D eigenvalue weighted by Gasteiger charge is -1.96. The first kappa shape index (κ1) is 6.35. The number of hydrogen-bond donors (Lipinski definition) is 2. The van der Waals surface area contributed by atoms with E-state index < -0.39 is 6.03 Å². The predicted octanol–water partition coefficient (Wildman–Crippen LogP) is -0.558. The Kier molecular flexibility index (Phi) is 1.57. The molecule has 52 valence electrons. The summed E-state index contributed by atoms with van der Waals surface area (Å²) in [6, 6.07) is -0.313. The van der Waals surface area contributed by atoms with Gasteiger partial charge in [-0.05, 0) is 6.42 Å². The maximum Gasteiger partial charge on any atom is 0.312 e. The van der Waals surface area contributed by atoms with Crippen LogP contribution in [-0.2, 0) is 4.74 Å². The predicted molar refractivity (Wildman–Crippen MR) is 31.9 cm³/mol. The molecule has 1 fully saturated rings. The van der Waals surface area contributed by atoms with E-state index in [0.717, 1.165) is 6.42 Å². The lowest BCUT2D eigenvalue weighted by molar-refractivity contribution is 0.173. The number of hydrogen-bond acceptors (Lipinski definition) is 2. The van der Waals surface area contributed by atoms with Crippen LogP contribution in [0.2, 0.25) is 0 Å². The minimum absolute atomic E-state index is 0.160. The van der Waals surface area contributed by atoms with Crippen LogP contribution in [0.15, 0.2) is 0 Å². The van der Waals surface area contributed by atoms with Crippen LogP contribution in [0.25, 0.3) is 0 Å². The summed E-state index contributed by atoms with van der Waals surface area (Å²) in [7, 11) is 1.62. The molecule has 1 aliphatic carbocycles. The van der Waals surface area contributed by atoms with Crippen LogP contribution < -0.4 is 11.1 Å². The molecule has 2 atom stereocenters. The Balaban J connectivity index is 2.12. The SMILES string of the molecule is CO[C@H]1C[C@@H]1NC(N)=O. The van der Waals surface area contributed by atoms with Gasteiger partial charge in [-0.3, -0.25) is 0 Å². The van der Waals surface area contributed by atoms with Gasteiger partial charge in [-0.25, -0.2) is 4.79 Å². The highest BCUT2D eigenvalue weighted by Crippen LogP contribution is 2.23. The molecule has 4 nitrogen and oxygen atoms in total. The molecule has 0 heterocycles. The van der Waals surface area contributed by atoms with Crippen LogP contribution in [0.5, 0.6) is 0 Å². The largest absolute Gasteiger partial charge is 0.379 e. The molecule has 0 saturated heterocycles. The number of carbonyl (C=O) groups excluding carboxylic acids is 1. The molecule has 4 heteroatoms. The van der Waals surface area contributed by atoms with Gasteiger partial charge >= 0.3 is 6.03 Å². The zero-order valence-corrected chi connectivity index (χ0v) is 5.26. The number of nitrogens with one attached hydrogen (secondary N) is 1. The minimum atomic E-state index is -0.473. The van der Waals surface area contributed by atoms with Crippen molar-refractivity contribution in [2.75, 3.05) is 7.11 Å². The van der Waals surface area contributed by atoms with Crippen LogP contribution >= 0.6 is 0 Å². The third-order valence-corrected chi connectivity index (χ3v) is 1.36. The second-order valence-electron chi connectivity index (χ2n) is 2.12. The molecule has 0 aromatic carbocycles. The Labute approximate surface area is 53.4 Å². The number of ether oxygens (including phenoxy) is 1. The second kappa shape index (κ2) is 2.23. The molecular weight excluding hydrogens is 120 g/mol. The molecule has 0 unspecified atom stereocenters. The van der Waals surface area contributed by atoms with Gasteiger partial charge < -0.3 is 15.8 Å². The smallest absolute Gasteiger partial charge is 0.312 e. The highest BCUT2D eigenvalue weighted by Gasteiger charge is 2.38. The van der Waals surface area contributed by atoms with Crippen LogP contribution in [0.4, 0.5) is 4.79 Å². The van der Waals surface area contributed by atoms with Crippen molar-refractivity contribution in [1.82, 2.24) is 5.32 Å². The van der Waals surface area contributed by atoms with Crippen LogP contribution in [0.3, 0.4) is 0 Å². The first-order chi connectivity index (χ1) is 4.24. The Bertz CT molecular complexity index is 126. The molecule has 0 aromatic rings. The topological polar surface area (TPSA) is 64.3 Å². The van der Waals surface area contributed by atoms with E-state index in [9.17, 15) is 4.79 Å². The summed E-state index contributed by atoms with van der Waals surface area (Å²) >= 11 is 0. The van der Waals surface area contributed by atoms with Crippen LogP contribution in [0, 0.1) is 0 Å². The molecule has 9 heavy (non-hydrogen) atoms. The Hall–Kier alpha value is -0.770. The van der Waals surface area contributed by atoms with Crippen molar-refractivity contribution >= 4 is 6.03 Å². The van der Waals surface area contributed by atoms with Gasteiger partial charge in [0.2, 0.25) is 0 Å². The number of primary amides is 1. The average Bonchev–Trinajstić information content (AvgIpc) is 2.45. The van der Waals surface area contributed by atoms with Crippen molar-refractivity contribution in [2.24, 2.45) is 5.73 Å². The van der Waals surface area contributed by atoms with Gasteiger partial charge in [0, 0.05) is 7.11 Å². The van der Waals surface area contributed by atoms with Gasteiger partial charge in [0.05, 0.1) is 12.1 Å². The fraction of sp³-hybridized carbons (Fsp3) is 0.800. The average molecular weight is 130 g/mol. The highest BCUT2D eigenvalue weighted by molar-refractivity contribution is 5.72. The van der Waals surface area contributed by atoms with Crippen molar-refractivity contribution in [2.45, 2.75) is 18.6 Å². The molecule has 0 aliphatic heterocycles. The summed E-state index contributed by atoms with van der Waals surface area (Å²) in [5.74, 6) is 0. The maximum atomic E-state index is 10.2. The number of carbonyl (C=O) groups is 1. The molecule has 0 aromatic heterocycles. The molecule has 0 spiro atoms. The van der Waals surface area contributed by atoms with Gasteiger partial charge in [0.1, 0.15) is 0 Å².